The van der Waals surface area contributed by atoms with Gasteiger partial charge in [-0.3, -0.25) is 9.59 Å². The normalized spacial score (nSPS) is 9.14. The van der Waals surface area contributed by atoms with Crippen molar-refractivity contribution in [2.24, 2.45) is 0 Å². The molecule has 0 aromatic carbocycles. The van der Waals surface area contributed by atoms with Crippen LogP contribution in [0.5, 0.6) is 0 Å². The fraction of sp³-hybridized carbons (Fsp3) is 0. The van der Waals surface area contributed by atoms with Crippen molar-refractivity contribution in [3.05, 3.63) is 24.4 Å². The molecule has 1 rings (SSSR count). The Bertz CT molecular complexity index is 374. The zero-order valence-electron chi connectivity index (χ0n) is 6.93. The Morgan fingerprint density at radius 2 is 2.00 bits per heavy atom. The van der Waals surface area contributed by atoms with Crippen molar-refractivity contribution >= 4 is 23.5 Å². The van der Waals surface area contributed by atoms with Crippen molar-refractivity contribution in [1.29, 1.82) is 0 Å². The van der Waals surface area contributed by atoms with Gasteiger partial charge in [-0.15, -0.1) is 0 Å². The number of hydrogen-bond donors (Lipinski definition) is 2. The van der Waals surface area contributed by atoms with Crippen LogP contribution in [-0.4, -0.2) is 27.8 Å². The number of anilines is 1. The number of carbonyl (C=O) groups is 3. The number of nitrogens with one attached hydrogen (secondary N) is 1. The van der Waals surface area contributed by atoms with Gasteiger partial charge in [0.25, 0.3) is 0 Å². The van der Waals surface area contributed by atoms with Crippen molar-refractivity contribution in [1.82, 2.24) is 4.98 Å². The average Bonchev–Trinajstić information content (AvgIpc) is 2.18. The van der Waals surface area contributed by atoms with Crippen LogP contribution >= 0.6 is 0 Å². The minimum atomic E-state index is -1.79. The molecule has 1 heterocycles. The van der Waals surface area contributed by atoms with Crippen LogP contribution in [0.25, 0.3) is 0 Å². The van der Waals surface area contributed by atoms with E-state index in [1.165, 1.54) is 12.3 Å². The van der Waals surface area contributed by atoms with Crippen LogP contribution < -0.4 is 5.32 Å². The predicted molar refractivity (Wildman–Crippen MR) is 45.5 cm³/mol. The van der Waals surface area contributed by atoms with Gasteiger partial charge in [0.15, 0.2) is 0 Å². The van der Waals surface area contributed by atoms with Crippen molar-refractivity contribution < 1.29 is 19.5 Å². The van der Waals surface area contributed by atoms with Crippen LogP contribution in [0.3, 0.4) is 0 Å². The fourth-order valence-electron chi connectivity index (χ4n) is 0.707. The van der Waals surface area contributed by atoms with Gasteiger partial charge in [0.2, 0.25) is 0 Å². The first kappa shape index (κ1) is 9.85. The highest BCUT2D eigenvalue weighted by atomic mass is 16.4. The molecule has 14 heavy (non-hydrogen) atoms. The van der Waals surface area contributed by atoms with E-state index in [9.17, 15) is 14.4 Å². The SMILES string of the molecule is O=C(O)C(=O)C(=O)Nc1ccccn1. The number of aromatic nitrogens is 1. The van der Waals surface area contributed by atoms with E-state index in [0.717, 1.165) is 0 Å². The molecule has 0 bridgehead atoms. The average molecular weight is 194 g/mol. The highest BCUT2D eigenvalue weighted by Gasteiger charge is 2.21. The Morgan fingerprint density at radius 3 is 2.50 bits per heavy atom. The summed E-state index contributed by atoms with van der Waals surface area (Å²) in [5.74, 6) is -4.39. The van der Waals surface area contributed by atoms with Crippen LogP contribution in [0.1, 0.15) is 0 Å². The van der Waals surface area contributed by atoms with E-state index < -0.39 is 17.7 Å². The molecule has 0 fully saturated rings. The molecular weight excluding hydrogens is 188 g/mol. The third kappa shape index (κ3) is 2.37. The van der Waals surface area contributed by atoms with Gasteiger partial charge < -0.3 is 10.4 Å². The van der Waals surface area contributed by atoms with Crippen molar-refractivity contribution in [3.8, 4) is 0 Å². The Hall–Kier alpha value is -2.24. The summed E-state index contributed by atoms with van der Waals surface area (Å²) in [4.78, 5) is 35.3. The number of pyridine rings is 1. The molecule has 1 aromatic heterocycles. The summed E-state index contributed by atoms with van der Waals surface area (Å²) in [5, 5.41) is 10.2. The summed E-state index contributed by atoms with van der Waals surface area (Å²) < 4.78 is 0. The maximum absolute atomic E-state index is 10.9. The van der Waals surface area contributed by atoms with Gasteiger partial charge in [-0.05, 0) is 12.1 Å². The van der Waals surface area contributed by atoms with E-state index in [4.69, 9.17) is 5.11 Å². The number of carbonyl (C=O) groups excluding carboxylic acids is 2. The van der Waals surface area contributed by atoms with Gasteiger partial charge in [0.05, 0.1) is 0 Å². The number of Topliss-reactive ketones (excluding diaryl/α,β-unsaturated/α-hetero) is 1. The van der Waals surface area contributed by atoms with E-state index in [1.54, 1.807) is 12.1 Å². The first-order chi connectivity index (χ1) is 6.61. The molecule has 6 nitrogen and oxygen atoms in total. The van der Waals surface area contributed by atoms with Gasteiger partial charge in [-0.1, -0.05) is 6.07 Å². The lowest BCUT2D eigenvalue weighted by Crippen LogP contribution is -2.29. The minimum Gasteiger partial charge on any atom is -0.475 e. The van der Waals surface area contributed by atoms with E-state index >= 15 is 0 Å². The largest absolute Gasteiger partial charge is 0.475 e. The number of carboxylic acids is 1. The predicted octanol–water partition coefficient (Wildman–Crippen LogP) is -0.326. The van der Waals surface area contributed by atoms with Crippen LogP contribution in [0, 0.1) is 0 Å². The molecule has 0 spiro atoms. The molecular formula is C8H6N2O4. The third-order valence-corrected chi connectivity index (χ3v) is 1.31. The molecule has 0 unspecified atom stereocenters. The zero-order chi connectivity index (χ0) is 10.6. The molecule has 1 amide bonds. The molecule has 72 valence electrons. The number of rotatable bonds is 3. The maximum atomic E-state index is 10.9. The smallest absolute Gasteiger partial charge is 0.382 e. The van der Waals surface area contributed by atoms with Crippen molar-refractivity contribution in [3.63, 3.8) is 0 Å². The zero-order valence-corrected chi connectivity index (χ0v) is 6.93. The second kappa shape index (κ2) is 4.13. The Balaban J connectivity index is 2.67. The number of carboxylic acid groups (broad SMARTS) is 1. The lowest BCUT2D eigenvalue weighted by molar-refractivity contribution is -0.152. The van der Waals surface area contributed by atoms with E-state index in [-0.39, 0.29) is 5.82 Å². The molecule has 0 radical (unpaired) electrons. The first-order valence-electron chi connectivity index (χ1n) is 3.61. The van der Waals surface area contributed by atoms with Gasteiger partial charge in [-0.25, -0.2) is 9.78 Å². The molecule has 0 saturated carbocycles. The highest BCUT2D eigenvalue weighted by Crippen LogP contribution is 1.99. The second-order valence-corrected chi connectivity index (χ2v) is 2.30. The summed E-state index contributed by atoms with van der Waals surface area (Å²) in [6.07, 6.45) is 1.40. The number of ketones is 1. The molecule has 6 heteroatoms. The number of amides is 1. The van der Waals surface area contributed by atoms with E-state index in [1.807, 2.05) is 5.32 Å². The van der Waals surface area contributed by atoms with E-state index in [0.29, 0.717) is 0 Å². The lowest BCUT2D eigenvalue weighted by Gasteiger charge is -1.99. The summed E-state index contributed by atoms with van der Waals surface area (Å²) in [6.45, 7) is 0. The molecule has 2 N–H and O–H groups in total. The maximum Gasteiger partial charge on any atom is 0.382 e. The molecule has 1 aromatic rings. The lowest BCUT2D eigenvalue weighted by atomic mass is 10.3. The van der Waals surface area contributed by atoms with Crippen LogP contribution in [0.2, 0.25) is 0 Å². The van der Waals surface area contributed by atoms with Gasteiger partial charge in [-0.2, -0.15) is 0 Å². The minimum absolute atomic E-state index is 0.132. The topological polar surface area (TPSA) is 96.4 Å². The fourth-order valence-corrected chi connectivity index (χ4v) is 0.707. The van der Waals surface area contributed by atoms with Crippen molar-refractivity contribution in [2.45, 2.75) is 0 Å². The standard InChI is InChI=1S/C8H6N2O4/c11-6(8(13)14)7(12)10-5-3-1-2-4-9-5/h1-4H,(H,13,14)(H,9,10,12). The molecule has 0 aliphatic heterocycles. The van der Waals surface area contributed by atoms with Crippen molar-refractivity contribution in [2.75, 3.05) is 5.32 Å². The molecule has 0 saturated heterocycles. The summed E-state index contributed by atoms with van der Waals surface area (Å²) in [7, 11) is 0. The van der Waals surface area contributed by atoms with Crippen LogP contribution in [-0.2, 0) is 14.4 Å². The van der Waals surface area contributed by atoms with Crippen LogP contribution in [0.4, 0.5) is 5.82 Å². The quantitative estimate of drug-likeness (QED) is 0.507. The van der Waals surface area contributed by atoms with Gasteiger partial charge in [0.1, 0.15) is 5.82 Å². The monoisotopic (exact) mass is 194 g/mol. The summed E-state index contributed by atoms with van der Waals surface area (Å²) in [5.41, 5.74) is 0. The van der Waals surface area contributed by atoms with Gasteiger partial charge >= 0.3 is 17.7 Å². The number of hydrogen-bond acceptors (Lipinski definition) is 4. The number of aliphatic carboxylic acids is 1. The third-order valence-electron chi connectivity index (χ3n) is 1.31. The Morgan fingerprint density at radius 1 is 1.29 bits per heavy atom. The van der Waals surface area contributed by atoms with E-state index in [2.05, 4.69) is 4.98 Å². The summed E-state index contributed by atoms with van der Waals surface area (Å²) in [6, 6.07) is 4.65. The van der Waals surface area contributed by atoms with Gasteiger partial charge in [0, 0.05) is 6.20 Å². The Kier molecular flexibility index (Phi) is 2.90. The molecule has 0 aliphatic rings. The second-order valence-electron chi connectivity index (χ2n) is 2.30. The molecule has 0 aliphatic carbocycles. The first-order valence-corrected chi connectivity index (χ1v) is 3.61. The highest BCUT2D eigenvalue weighted by molar-refractivity contribution is 6.63. The summed E-state index contributed by atoms with van der Waals surface area (Å²) >= 11 is 0. The molecule has 0 atom stereocenters. The van der Waals surface area contributed by atoms with Crippen LogP contribution in [0.15, 0.2) is 24.4 Å². The Labute approximate surface area is 78.6 Å². The number of nitrogens with zero attached hydrogens (tertiary/aromatic N) is 1.